The van der Waals surface area contributed by atoms with Crippen molar-refractivity contribution in [1.29, 1.82) is 0 Å². The molecule has 1 aliphatic rings. The molecule has 4 aromatic rings. The lowest BCUT2D eigenvalue weighted by Gasteiger charge is -2.14. The lowest BCUT2D eigenvalue weighted by molar-refractivity contribution is -0.113. The zero-order chi connectivity index (χ0) is 23.2. The second-order valence-electron chi connectivity index (χ2n) is 7.81. The minimum absolute atomic E-state index is 0.119. The number of carbonyl (C=O) groups is 1. The molecule has 7 nitrogen and oxygen atoms in total. The smallest absolute Gasteiger partial charge is 0.234 e. The summed E-state index contributed by atoms with van der Waals surface area (Å²) >= 11 is 3.00. The maximum Gasteiger partial charge on any atom is 0.234 e. The minimum atomic E-state index is -0.119. The number of ether oxygens (including phenoxy) is 2. The topological polar surface area (TPSA) is 78.3 Å². The van der Waals surface area contributed by atoms with Crippen LogP contribution in [0.5, 0.6) is 11.5 Å². The first-order valence-corrected chi connectivity index (χ1v) is 13.0. The highest BCUT2D eigenvalue weighted by atomic mass is 32.2. The van der Waals surface area contributed by atoms with Gasteiger partial charge in [-0.1, -0.05) is 42.1 Å². The molecular formula is C25H24N4O3S2. The van der Waals surface area contributed by atoms with Gasteiger partial charge >= 0.3 is 0 Å². The zero-order valence-electron chi connectivity index (χ0n) is 18.4. The number of benzene rings is 2. The first-order chi connectivity index (χ1) is 16.7. The molecule has 0 radical (unpaired) electrons. The van der Waals surface area contributed by atoms with Gasteiger partial charge in [0, 0.05) is 18.4 Å². The molecule has 1 fully saturated rings. The van der Waals surface area contributed by atoms with E-state index in [1.165, 1.54) is 11.8 Å². The Morgan fingerprint density at radius 2 is 2.00 bits per heavy atom. The Balaban J connectivity index is 1.23. The van der Waals surface area contributed by atoms with Crippen LogP contribution in [0.2, 0.25) is 0 Å². The molecule has 2 aromatic carbocycles. The number of hydrogen-bond acceptors (Lipinski definition) is 7. The highest BCUT2D eigenvalue weighted by Crippen LogP contribution is 2.29. The summed E-state index contributed by atoms with van der Waals surface area (Å²) < 4.78 is 13.8. The van der Waals surface area contributed by atoms with Gasteiger partial charge in [0.25, 0.3) is 0 Å². The molecule has 0 spiro atoms. The van der Waals surface area contributed by atoms with Gasteiger partial charge in [-0.2, -0.15) is 0 Å². The van der Waals surface area contributed by atoms with Crippen LogP contribution in [-0.4, -0.2) is 39.1 Å². The molecule has 0 aliphatic carbocycles. The molecule has 5 rings (SSSR count). The molecule has 9 heteroatoms. The molecule has 34 heavy (non-hydrogen) atoms. The van der Waals surface area contributed by atoms with Crippen molar-refractivity contribution in [3.8, 4) is 22.2 Å². The first kappa shape index (κ1) is 22.6. The van der Waals surface area contributed by atoms with Crippen molar-refractivity contribution in [3.63, 3.8) is 0 Å². The van der Waals surface area contributed by atoms with Crippen LogP contribution in [0.4, 0.5) is 5.69 Å². The molecule has 1 N–H and O–H groups in total. The Labute approximate surface area is 206 Å². The number of carbonyl (C=O) groups excluding carboxylic acids is 1. The maximum absolute atomic E-state index is 12.7. The van der Waals surface area contributed by atoms with Crippen LogP contribution in [0.15, 0.2) is 77.3 Å². The van der Waals surface area contributed by atoms with Crippen LogP contribution < -0.4 is 10.1 Å². The number of hydrogen-bond donors (Lipinski definition) is 1. The Morgan fingerprint density at radius 3 is 2.79 bits per heavy atom. The average molecular weight is 493 g/mol. The van der Waals surface area contributed by atoms with Gasteiger partial charge in [0.1, 0.15) is 11.5 Å². The molecule has 2 aromatic heterocycles. The van der Waals surface area contributed by atoms with Gasteiger partial charge in [-0.25, -0.2) is 0 Å². The van der Waals surface area contributed by atoms with E-state index >= 15 is 0 Å². The van der Waals surface area contributed by atoms with Crippen molar-refractivity contribution >= 4 is 34.7 Å². The SMILES string of the molecule is O=C(CSc1nnc(-c2cccs2)n1C[C@@H]1CCCO1)Nc1cccc(Oc2ccccc2)c1. The van der Waals surface area contributed by atoms with E-state index in [9.17, 15) is 4.79 Å². The molecule has 1 saturated heterocycles. The quantitative estimate of drug-likeness (QED) is 0.302. The third-order valence-corrected chi connectivity index (χ3v) is 7.13. The number of para-hydroxylation sites is 1. The van der Waals surface area contributed by atoms with E-state index in [2.05, 4.69) is 20.1 Å². The monoisotopic (exact) mass is 492 g/mol. The molecule has 3 heterocycles. The van der Waals surface area contributed by atoms with E-state index in [-0.39, 0.29) is 17.8 Å². The lowest BCUT2D eigenvalue weighted by Crippen LogP contribution is -2.18. The molecule has 1 aliphatic heterocycles. The number of amides is 1. The Morgan fingerprint density at radius 1 is 1.12 bits per heavy atom. The molecule has 174 valence electrons. The second kappa shape index (κ2) is 10.9. The van der Waals surface area contributed by atoms with E-state index in [4.69, 9.17) is 9.47 Å². The summed E-state index contributed by atoms with van der Waals surface area (Å²) in [5, 5.41) is 14.5. The van der Waals surface area contributed by atoms with Crippen LogP contribution in [0.25, 0.3) is 10.7 Å². The summed E-state index contributed by atoms with van der Waals surface area (Å²) in [7, 11) is 0. The molecule has 1 amide bonds. The molecular weight excluding hydrogens is 468 g/mol. The fraction of sp³-hybridized carbons (Fsp3) is 0.240. The van der Waals surface area contributed by atoms with E-state index in [1.54, 1.807) is 11.3 Å². The number of thioether (sulfide) groups is 1. The van der Waals surface area contributed by atoms with Crippen LogP contribution in [0.3, 0.4) is 0 Å². The van der Waals surface area contributed by atoms with Crippen molar-refractivity contribution in [2.75, 3.05) is 17.7 Å². The van der Waals surface area contributed by atoms with Gasteiger partial charge in [0.2, 0.25) is 5.91 Å². The minimum Gasteiger partial charge on any atom is -0.457 e. The Bertz CT molecular complexity index is 1220. The van der Waals surface area contributed by atoms with Crippen LogP contribution in [-0.2, 0) is 16.1 Å². The Hall–Kier alpha value is -3.14. The third kappa shape index (κ3) is 5.67. The molecule has 0 bridgehead atoms. The predicted octanol–water partition coefficient (Wildman–Crippen LogP) is 5.71. The standard InChI is InChI=1S/C25H24N4O3S2/c30-23(26-18-7-4-10-20(15-18)32-19-8-2-1-3-9-19)17-34-25-28-27-24(22-12-6-14-33-22)29(25)16-21-11-5-13-31-21/h1-4,6-10,12,14-15,21H,5,11,13,16-17H2,(H,26,30)/t21-/m0/s1. The van der Waals surface area contributed by atoms with Gasteiger partial charge in [0.15, 0.2) is 11.0 Å². The summed E-state index contributed by atoms with van der Waals surface area (Å²) in [6, 6.07) is 20.9. The maximum atomic E-state index is 12.7. The highest BCUT2D eigenvalue weighted by molar-refractivity contribution is 7.99. The van der Waals surface area contributed by atoms with Crippen LogP contribution in [0.1, 0.15) is 12.8 Å². The van der Waals surface area contributed by atoms with E-state index in [0.29, 0.717) is 18.0 Å². The molecule has 0 saturated carbocycles. The van der Waals surface area contributed by atoms with Crippen molar-refractivity contribution < 1.29 is 14.3 Å². The van der Waals surface area contributed by atoms with Crippen LogP contribution >= 0.6 is 23.1 Å². The van der Waals surface area contributed by atoms with Crippen molar-refractivity contribution in [2.24, 2.45) is 0 Å². The lowest BCUT2D eigenvalue weighted by atomic mass is 10.2. The molecule has 0 unspecified atom stereocenters. The largest absolute Gasteiger partial charge is 0.457 e. The fourth-order valence-corrected chi connectivity index (χ4v) is 5.19. The van der Waals surface area contributed by atoms with Crippen molar-refractivity contribution in [2.45, 2.75) is 30.6 Å². The third-order valence-electron chi connectivity index (χ3n) is 5.30. The number of thiophene rings is 1. The van der Waals surface area contributed by atoms with E-state index in [0.717, 1.165) is 41.1 Å². The van der Waals surface area contributed by atoms with E-state index < -0.39 is 0 Å². The fourth-order valence-electron chi connectivity index (χ4n) is 3.73. The number of nitrogens with one attached hydrogen (secondary N) is 1. The number of aromatic nitrogens is 3. The number of rotatable bonds is 9. The van der Waals surface area contributed by atoms with Gasteiger partial charge in [-0.3, -0.25) is 9.36 Å². The summed E-state index contributed by atoms with van der Waals surface area (Å²) in [4.78, 5) is 13.7. The van der Waals surface area contributed by atoms with Gasteiger partial charge < -0.3 is 14.8 Å². The summed E-state index contributed by atoms with van der Waals surface area (Å²) in [5.41, 5.74) is 0.680. The van der Waals surface area contributed by atoms with Crippen molar-refractivity contribution in [1.82, 2.24) is 14.8 Å². The van der Waals surface area contributed by atoms with Gasteiger partial charge in [0.05, 0.1) is 23.3 Å². The summed E-state index contributed by atoms with van der Waals surface area (Å²) in [6.45, 7) is 1.47. The summed E-state index contributed by atoms with van der Waals surface area (Å²) in [5.74, 6) is 2.32. The van der Waals surface area contributed by atoms with E-state index in [1.807, 2.05) is 72.1 Å². The van der Waals surface area contributed by atoms with Crippen LogP contribution in [0, 0.1) is 0 Å². The molecule has 1 atom stereocenters. The number of anilines is 1. The first-order valence-electron chi connectivity index (χ1n) is 11.1. The normalized spacial score (nSPS) is 15.4. The zero-order valence-corrected chi connectivity index (χ0v) is 20.1. The predicted molar refractivity (Wildman–Crippen MR) is 135 cm³/mol. The summed E-state index contributed by atoms with van der Waals surface area (Å²) in [6.07, 6.45) is 2.24. The van der Waals surface area contributed by atoms with Crippen molar-refractivity contribution in [3.05, 3.63) is 72.1 Å². The van der Waals surface area contributed by atoms with Gasteiger partial charge in [-0.05, 0) is 48.6 Å². The average Bonchev–Trinajstić information content (AvgIpc) is 3.62. The van der Waals surface area contributed by atoms with Gasteiger partial charge in [-0.15, -0.1) is 21.5 Å². The second-order valence-corrected chi connectivity index (χ2v) is 9.70. The Kier molecular flexibility index (Phi) is 7.23. The number of nitrogens with zero attached hydrogens (tertiary/aromatic N) is 3. The highest BCUT2D eigenvalue weighted by Gasteiger charge is 2.22.